The maximum atomic E-state index is 11.6. The molecule has 1 aromatic heterocycles. The molecule has 0 saturated carbocycles. The highest BCUT2D eigenvalue weighted by Gasteiger charge is 2.12. The minimum atomic E-state index is -1.01. The van der Waals surface area contributed by atoms with Gasteiger partial charge in [-0.1, -0.05) is 6.92 Å². The third-order valence-electron chi connectivity index (χ3n) is 2.14. The van der Waals surface area contributed by atoms with Crippen LogP contribution >= 0.6 is 11.3 Å². The molecule has 0 aliphatic rings. The van der Waals surface area contributed by atoms with Gasteiger partial charge in [0.2, 0.25) is 0 Å². The summed E-state index contributed by atoms with van der Waals surface area (Å²) in [4.78, 5) is 22.9. The van der Waals surface area contributed by atoms with E-state index in [-0.39, 0.29) is 10.8 Å². The minimum absolute atomic E-state index is 0.173. The molecule has 6 heteroatoms. The lowest BCUT2D eigenvalue weighted by atomic mass is 10.4. The summed E-state index contributed by atoms with van der Waals surface area (Å²) in [6.45, 7) is 3.93. The van der Waals surface area contributed by atoms with Crippen molar-refractivity contribution in [1.29, 1.82) is 0 Å². The van der Waals surface area contributed by atoms with Gasteiger partial charge in [0.25, 0.3) is 5.91 Å². The summed E-state index contributed by atoms with van der Waals surface area (Å²) < 4.78 is 5.28. The second kappa shape index (κ2) is 7.84. The van der Waals surface area contributed by atoms with Crippen LogP contribution in [0.4, 0.5) is 0 Å². The monoisotopic (exact) mass is 271 g/mol. The first-order valence-electron chi connectivity index (χ1n) is 5.84. The van der Waals surface area contributed by atoms with Crippen molar-refractivity contribution in [2.45, 2.75) is 19.8 Å². The fourth-order valence-electron chi connectivity index (χ4n) is 1.28. The molecule has 0 saturated heterocycles. The molecule has 0 radical (unpaired) electrons. The Bertz CT molecular complexity index is 403. The fraction of sp³-hybridized carbons (Fsp3) is 0.500. The van der Waals surface area contributed by atoms with Crippen LogP contribution in [0.1, 0.15) is 39.1 Å². The largest absolute Gasteiger partial charge is 0.477 e. The van der Waals surface area contributed by atoms with Crippen LogP contribution in [-0.2, 0) is 4.74 Å². The number of rotatable bonds is 8. The van der Waals surface area contributed by atoms with E-state index >= 15 is 0 Å². The number of carbonyl (C=O) groups is 2. The van der Waals surface area contributed by atoms with E-state index in [0.29, 0.717) is 18.0 Å². The molecule has 0 fully saturated rings. The average Bonchev–Trinajstić information content (AvgIpc) is 2.83. The van der Waals surface area contributed by atoms with Gasteiger partial charge in [0.05, 0.1) is 4.88 Å². The van der Waals surface area contributed by atoms with E-state index in [1.807, 2.05) is 6.92 Å². The fourth-order valence-corrected chi connectivity index (χ4v) is 2.05. The number of carboxylic acid groups (broad SMARTS) is 1. The predicted molar refractivity (Wildman–Crippen MR) is 69.3 cm³/mol. The molecule has 0 spiro atoms. The van der Waals surface area contributed by atoms with Gasteiger partial charge in [0, 0.05) is 19.8 Å². The van der Waals surface area contributed by atoms with E-state index in [9.17, 15) is 9.59 Å². The minimum Gasteiger partial charge on any atom is -0.477 e. The van der Waals surface area contributed by atoms with Gasteiger partial charge < -0.3 is 15.2 Å². The van der Waals surface area contributed by atoms with Crippen LogP contribution in [-0.4, -0.2) is 36.7 Å². The van der Waals surface area contributed by atoms with E-state index in [2.05, 4.69) is 5.32 Å². The van der Waals surface area contributed by atoms with Crippen molar-refractivity contribution < 1.29 is 19.4 Å². The highest BCUT2D eigenvalue weighted by atomic mass is 32.1. The van der Waals surface area contributed by atoms with Crippen molar-refractivity contribution in [3.05, 3.63) is 21.9 Å². The Labute approximate surface area is 110 Å². The van der Waals surface area contributed by atoms with Crippen molar-refractivity contribution >= 4 is 23.2 Å². The molecular weight excluding hydrogens is 254 g/mol. The van der Waals surface area contributed by atoms with Crippen molar-refractivity contribution in [2.75, 3.05) is 19.8 Å². The zero-order chi connectivity index (χ0) is 13.4. The normalized spacial score (nSPS) is 10.3. The zero-order valence-electron chi connectivity index (χ0n) is 10.3. The molecular formula is C12H17NO4S. The van der Waals surface area contributed by atoms with Crippen LogP contribution in [0.15, 0.2) is 12.1 Å². The number of amides is 1. The topological polar surface area (TPSA) is 75.6 Å². The molecule has 0 aliphatic carbocycles. The average molecular weight is 271 g/mol. The first-order valence-corrected chi connectivity index (χ1v) is 6.66. The molecule has 2 N–H and O–H groups in total. The van der Waals surface area contributed by atoms with E-state index in [1.54, 1.807) is 0 Å². The van der Waals surface area contributed by atoms with Crippen LogP contribution in [0.5, 0.6) is 0 Å². The Morgan fingerprint density at radius 2 is 2.06 bits per heavy atom. The Kier molecular flexibility index (Phi) is 6.38. The molecule has 0 bridgehead atoms. The third-order valence-corrected chi connectivity index (χ3v) is 3.21. The van der Waals surface area contributed by atoms with Crippen LogP contribution in [0.3, 0.4) is 0 Å². The molecule has 0 aliphatic heterocycles. The standard InChI is InChI=1S/C12H17NO4S/c1-2-7-17-8-3-6-13-11(14)9-4-5-10(18-9)12(15)16/h4-5H,2-3,6-8H2,1H3,(H,13,14)(H,15,16). The number of thiophene rings is 1. The molecule has 0 aromatic carbocycles. The van der Waals surface area contributed by atoms with Gasteiger partial charge in [-0.05, 0) is 25.0 Å². The molecule has 1 aromatic rings. The zero-order valence-corrected chi connectivity index (χ0v) is 11.1. The van der Waals surface area contributed by atoms with Crippen molar-refractivity contribution in [3.8, 4) is 0 Å². The molecule has 5 nitrogen and oxygen atoms in total. The molecule has 0 atom stereocenters. The van der Waals surface area contributed by atoms with Crippen LogP contribution < -0.4 is 5.32 Å². The van der Waals surface area contributed by atoms with Gasteiger partial charge >= 0.3 is 5.97 Å². The Balaban J connectivity index is 2.25. The first-order chi connectivity index (χ1) is 8.65. The number of carbonyl (C=O) groups excluding carboxylic acids is 1. The maximum Gasteiger partial charge on any atom is 0.345 e. The molecule has 1 rings (SSSR count). The lowest BCUT2D eigenvalue weighted by molar-refractivity contribution is 0.0702. The van der Waals surface area contributed by atoms with Crippen molar-refractivity contribution in [1.82, 2.24) is 5.32 Å². The summed E-state index contributed by atoms with van der Waals surface area (Å²) in [6.07, 6.45) is 1.74. The predicted octanol–water partition coefficient (Wildman–Crippen LogP) is 1.99. The lowest BCUT2D eigenvalue weighted by Crippen LogP contribution is -2.24. The van der Waals surface area contributed by atoms with Gasteiger partial charge in [-0.25, -0.2) is 4.79 Å². The molecule has 100 valence electrons. The number of hydrogen-bond donors (Lipinski definition) is 2. The van der Waals surface area contributed by atoms with Crippen LogP contribution in [0.2, 0.25) is 0 Å². The summed E-state index contributed by atoms with van der Waals surface area (Å²) in [6, 6.07) is 2.96. The van der Waals surface area contributed by atoms with Gasteiger partial charge in [-0.15, -0.1) is 11.3 Å². The van der Waals surface area contributed by atoms with E-state index in [4.69, 9.17) is 9.84 Å². The van der Waals surface area contributed by atoms with Gasteiger partial charge in [0.15, 0.2) is 0 Å². The smallest absolute Gasteiger partial charge is 0.345 e. The van der Waals surface area contributed by atoms with Gasteiger partial charge in [0.1, 0.15) is 4.88 Å². The summed E-state index contributed by atoms with van der Waals surface area (Å²) in [7, 11) is 0. The Morgan fingerprint density at radius 3 is 2.67 bits per heavy atom. The maximum absolute atomic E-state index is 11.6. The number of nitrogens with one attached hydrogen (secondary N) is 1. The molecule has 1 amide bonds. The van der Waals surface area contributed by atoms with Crippen molar-refractivity contribution in [3.63, 3.8) is 0 Å². The second-order valence-electron chi connectivity index (χ2n) is 3.69. The SMILES string of the molecule is CCCOCCCNC(=O)c1ccc(C(=O)O)s1. The molecule has 1 heterocycles. The number of ether oxygens (including phenoxy) is 1. The Morgan fingerprint density at radius 1 is 1.33 bits per heavy atom. The van der Waals surface area contributed by atoms with E-state index in [0.717, 1.165) is 30.8 Å². The highest BCUT2D eigenvalue weighted by molar-refractivity contribution is 7.15. The third kappa shape index (κ3) is 4.85. The molecule has 0 unspecified atom stereocenters. The molecule has 18 heavy (non-hydrogen) atoms. The van der Waals surface area contributed by atoms with E-state index in [1.165, 1.54) is 12.1 Å². The van der Waals surface area contributed by atoms with Gasteiger partial charge in [-0.2, -0.15) is 0 Å². The summed E-state index contributed by atoms with van der Waals surface area (Å²) >= 11 is 0.978. The highest BCUT2D eigenvalue weighted by Crippen LogP contribution is 2.15. The number of carboxylic acids is 1. The Hall–Kier alpha value is -1.40. The van der Waals surface area contributed by atoms with Crippen molar-refractivity contribution in [2.24, 2.45) is 0 Å². The summed E-state index contributed by atoms with van der Waals surface area (Å²) in [5.41, 5.74) is 0. The first kappa shape index (κ1) is 14.7. The second-order valence-corrected chi connectivity index (χ2v) is 4.77. The van der Waals surface area contributed by atoms with Crippen LogP contribution in [0, 0.1) is 0 Å². The van der Waals surface area contributed by atoms with Gasteiger partial charge in [-0.3, -0.25) is 4.79 Å². The quantitative estimate of drug-likeness (QED) is 0.709. The van der Waals surface area contributed by atoms with E-state index < -0.39 is 5.97 Å². The summed E-state index contributed by atoms with van der Waals surface area (Å²) in [5.74, 6) is -1.24. The number of aromatic carboxylic acids is 1. The number of hydrogen-bond acceptors (Lipinski definition) is 4. The van der Waals surface area contributed by atoms with Crippen LogP contribution in [0.25, 0.3) is 0 Å². The summed E-state index contributed by atoms with van der Waals surface area (Å²) in [5, 5.41) is 11.5. The lowest BCUT2D eigenvalue weighted by Gasteiger charge is -2.04.